The van der Waals surface area contributed by atoms with E-state index in [0.717, 1.165) is 17.8 Å². The number of nitrogens with zero attached hydrogens (tertiary/aromatic N) is 1. The Kier molecular flexibility index (Phi) is 3.97. The number of halogens is 2. The van der Waals surface area contributed by atoms with Crippen molar-refractivity contribution in [1.29, 1.82) is 0 Å². The molecular weight excluding hydrogens is 316 g/mol. The van der Waals surface area contributed by atoms with Crippen molar-refractivity contribution in [2.45, 2.75) is 20.3 Å². The number of aromatic amines is 1. The zero-order valence-electron chi connectivity index (χ0n) is 10.2. The zero-order chi connectivity index (χ0) is 13.3. The first-order chi connectivity index (χ1) is 8.49. The maximum atomic E-state index is 12.1. The number of rotatable bonds is 3. The van der Waals surface area contributed by atoms with Crippen LogP contribution in [0.3, 0.4) is 0 Å². The molecule has 5 heteroatoms. The van der Waals surface area contributed by atoms with Crippen LogP contribution < -0.4 is 5.56 Å². The minimum absolute atomic E-state index is 0.0760. The van der Waals surface area contributed by atoms with Gasteiger partial charge in [0.15, 0.2) is 0 Å². The predicted molar refractivity (Wildman–Crippen MR) is 77.6 cm³/mol. The fraction of sp³-hybridized carbons (Fsp3) is 0.308. The van der Waals surface area contributed by atoms with Crippen molar-refractivity contribution in [2.75, 3.05) is 0 Å². The van der Waals surface area contributed by atoms with Crippen molar-refractivity contribution in [3.63, 3.8) is 0 Å². The summed E-state index contributed by atoms with van der Waals surface area (Å²) in [7, 11) is 0. The molecule has 0 aliphatic rings. The first kappa shape index (κ1) is 13.4. The fourth-order valence-electron chi connectivity index (χ4n) is 1.78. The highest BCUT2D eigenvalue weighted by Crippen LogP contribution is 2.17. The van der Waals surface area contributed by atoms with Gasteiger partial charge in [0.25, 0.3) is 5.56 Å². The number of aromatic nitrogens is 2. The summed E-state index contributed by atoms with van der Waals surface area (Å²) in [5.74, 6) is 0.484. The van der Waals surface area contributed by atoms with Gasteiger partial charge in [-0.1, -0.05) is 25.4 Å². The van der Waals surface area contributed by atoms with E-state index in [9.17, 15) is 4.79 Å². The molecule has 96 valence electrons. The average molecular weight is 330 g/mol. The van der Waals surface area contributed by atoms with Crippen LogP contribution >= 0.6 is 27.5 Å². The van der Waals surface area contributed by atoms with Crippen LogP contribution in [-0.4, -0.2) is 9.78 Å². The largest absolute Gasteiger partial charge is 0.294 e. The van der Waals surface area contributed by atoms with Gasteiger partial charge in [-0.15, -0.1) is 0 Å². The van der Waals surface area contributed by atoms with Crippen LogP contribution in [0, 0.1) is 5.92 Å². The zero-order valence-corrected chi connectivity index (χ0v) is 12.5. The molecule has 0 radical (unpaired) electrons. The summed E-state index contributed by atoms with van der Waals surface area (Å²) in [6.07, 6.45) is 0.830. The molecule has 0 unspecified atom stereocenters. The summed E-state index contributed by atoms with van der Waals surface area (Å²) in [5.41, 5.74) is 1.62. The standard InChI is InChI=1S/C13H14BrClN2O/c1-8(2)7-11-12(14)13(18)17(16-11)10-5-3-9(15)4-6-10/h3-6,8,16H,7H2,1-2H3. The summed E-state index contributed by atoms with van der Waals surface area (Å²) in [5, 5.41) is 3.78. The van der Waals surface area contributed by atoms with Gasteiger partial charge in [-0.25, -0.2) is 4.68 Å². The van der Waals surface area contributed by atoms with Gasteiger partial charge in [0.2, 0.25) is 0 Å². The molecule has 0 spiro atoms. The van der Waals surface area contributed by atoms with Crippen molar-refractivity contribution < 1.29 is 0 Å². The second-order valence-electron chi connectivity index (χ2n) is 4.62. The lowest BCUT2D eigenvalue weighted by molar-refractivity contribution is 0.626. The van der Waals surface area contributed by atoms with Crippen LogP contribution in [0.15, 0.2) is 33.5 Å². The van der Waals surface area contributed by atoms with Crippen molar-refractivity contribution >= 4 is 27.5 Å². The molecule has 1 aromatic carbocycles. The molecule has 0 atom stereocenters. The number of nitrogens with one attached hydrogen (secondary N) is 1. The van der Waals surface area contributed by atoms with E-state index in [1.807, 2.05) is 12.1 Å². The maximum absolute atomic E-state index is 12.1. The quantitative estimate of drug-likeness (QED) is 0.914. The first-order valence-corrected chi connectivity index (χ1v) is 6.91. The second-order valence-corrected chi connectivity index (χ2v) is 5.85. The van der Waals surface area contributed by atoms with Crippen LogP contribution in [0.25, 0.3) is 5.69 Å². The normalized spacial score (nSPS) is 11.2. The van der Waals surface area contributed by atoms with Crippen LogP contribution in [0.5, 0.6) is 0 Å². The van der Waals surface area contributed by atoms with E-state index in [2.05, 4.69) is 34.9 Å². The Labute approximate surface area is 119 Å². The van der Waals surface area contributed by atoms with E-state index in [1.165, 1.54) is 4.68 Å². The summed E-state index contributed by atoms with van der Waals surface area (Å²) in [4.78, 5) is 12.1. The van der Waals surface area contributed by atoms with E-state index in [0.29, 0.717) is 15.4 Å². The molecule has 0 bridgehead atoms. The number of hydrogen-bond donors (Lipinski definition) is 1. The molecule has 0 aliphatic heterocycles. The van der Waals surface area contributed by atoms with Gasteiger partial charge in [-0.3, -0.25) is 9.89 Å². The minimum Gasteiger partial charge on any atom is -0.294 e. The topological polar surface area (TPSA) is 37.8 Å². The number of benzene rings is 1. The Balaban J connectivity index is 2.46. The van der Waals surface area contributed by atoms with Gasteiger partial charge in [-0.05, 0) is 52.5 Å². The van der Waals surface area contributed by atoms with Gasteiger partial charge in [0.05, 0.1) is 11.4 Å². The SMILES string of the molecule is CC(C)Cc1[nH]n(-c2ccc(Cl)cc2)c(=O)c1Br. The third-order valence-electron chi connectivity index (χ3n) is 2.60. The lowest BCUT2D eigenvalue weighted by Gasteiger charge is -2.03. The van der Waals surface area contributed by atoms with E-state index < -0.39 is 0 Å². The second kappa shape index (κ2) is 5.33. The van der Waals surface area contributed by atoms with Gasteiger partial charge < -0.3 is 0 Å². The Morgan fingerprint density at radius 2 is 1.94 bits per heavy atom. The van der Waals surface area contributed by atoms with Crippen LogP contribution in [0.2, 0.25) is 5.02 Å². The first-order valence-electron chi connectivity index (χ1n) is 5.74. The Hall–Kier alpha value is -1.00. The van der Waals surface area contributed by atoms with Crippen LogP contribution in [-0.2, 0) is 6.42 Å². The smallest absolute Gasteiger partial charge is 0.285 e. The molecule has 0 aliphatic carbocycles. The molecule has 1 N–H and O–H groups in total. The number of H-pyrrole nitrogens is 1. The van der Waals surface area contributed by atoms with Gasteiger partial charge in [0, 0.05) is 5.02 Å². The van der Waals surface area contributed by atoms with Crippen LogP contribution in [0.4, 0.5) is 0 Å². The highest BCUT2D eigenvalue weighted by molar-refractivity contribution is 9.10. The molecule has 18 heavy (non-hydrogen) atoms. The van der Waals surface area contributed by atoms with Crippen molar-refractivity contribution in [1.82, 2.24) is 9.78 Å². The maximum Gasteiger partial charge on any atom is 0.285 e. The van der Waals surface area contributed by atoms with Crippen molar-refractivity contribution in [3.8, 4) is 5.69 Å². The molecule has 2 rings (SSSR count). The number of hydrogen-bond acceptors (Lipinski definition) is 1. The highest BCUT2D eigenvalue weighted by atomic mass is 79.9. The molecular formula is C13H14BrClN2O. The molecule has 1 heterocycles. The van der Waals surface area contributed by atoms with Gasteiger partial charge in [-0.2, -0.15) is 0 Å². The third kappa shape index (κ3) is 2.70. The summed E-state index contributed by atoms with van der Waals surface area (Å²) in [6, 6.07) is 7.15. The summed E-state index contributed by atoms with van der Waals surface area (Å²) < 4.78 is 2.13. The van der Waals surface area contributed by atoms with E-state index in [1.54, 1.807) is 12.1 Å². The third-order valence-corrected chi connectivity index (χ3v) is 3.67. The Morgan fingerprint density at radius 1 is 1.33 bits per heavy atom. The van der Waals surface area contributed by atoms with Crippen molar-refractivity contribution in [2.24, 2.45) is 5.92 Å². The summed E-state index contributed by atoms with van der Waals surface area (Å²) in [6.45, 7) is 4.23. The molecule has 0 saturated carbocycles. The Morgan fingerprint density at radius 3 is 2.50 bits per heavy atom. The average Bonchev–Trinajstić information content (AvgIpc) is 2.58. The predicted octanol–water partition coefficient (Wildman–Crippen LogP) is 3.78. The molecule has 2 aromatic rings. The molecule has 0 amide bonds. The van der Waals surface area contributed by atoms with Gasteiger partial charge in [0.1, 0.15) is 4.47 Å². The van der Waals surface area contributed by atoms with Crippen molar-refractivity contribution in [3.05, 3.63) is 49.8 Å². The molecule has 3 nitrogen and oxygen atoms in total. The van der Waals surface area contributed by atoms with E-state index in [-0.39, 0.29) is 5.56 Å². The summed E-state index contributed by atoms with van der Waals surface area (Å²) >= 11 is 9.19. The van der Waals surface area contributed by atoms with Gasteiger partial charge >= 0.3 is 0 Å². The molecule has 0 fully saturated rings. The lowest BCUT2D eigenvalue weighted by Crippen LogP contribution is -2.14. The molecule has 1 aromatic heterocycles. The lowest BCUT2D eigenvalue weighted by atomic mass is 10.1. The Bertz CT molecular complexity index is 598. The van der Waals surface area contributed by atoms with E-state index in [4.69, 9.17) is 11.6 Å². The molecule has 0 saturated heterocycles. The van der Waals surface area contributed by atoms with E-state index >= 15 is 0 Å². The highest BCUT2D eigenvalue weighted by Gasteiger charge is 2.13. The van der Waals surface area contributed by atoms with Crippen LogP contribution in [0.1, 0.15) is 19.5 Å². The monoisotopic (exact) mass is 328 g/mol. The minimum atomic E-state index is -0.0760. The fourth-order valence-corrected chi connectivity index (χ4v) is 2.33.